The van der Waals surface area contributed by atoms with Gasteiger partial charge in [-0.05, 0) is 38.1 Å². The Morgan fingerprint density at radius 3 is 2.79 bits per heavy atom. The second-order valence-electron chi connectivity index (χ2n) is 6.58. The molecule has 0 spiro atoms. The fourth-order valence-electron chi connectivity index (χ4n) is 3.12. The third kappa shape index (κ3) is 4.33. The number of piperidine rings is 1. The molecule has 10 heteroatoms. The second kappa shape index (κ2) is 7.63. The van der Waals surface area contributed by atoms with Crippen molar-refractivity contribution in [3.05, 3.63) is 36.8 Å². The third-order valence-electron chi connectivity index (χ3n) is 4.46. The molecule has 0 aromatic carbocycles. The van der Waals surface area contributed by atoms with Gasteiger partial charge in [0, 0.05) is 6.04 Å². The van der Waals surface area contributed by atoms with Crippen molar-refractivity contribution in [1.82, 2.24) is 24.7 Å². The molecule has 0 bridgehead atoms. The highest BCUT2D eigenvalue weighted by molar-refractivity contribution is 5.61. The average Bonchev–Trinajstić information content (AvgIpc) is 3.10. The van der Waals surface area contributed by atoms with E-state index < -0.39 is 12.8 Å². The van der Waals surface area contributed by atoms with E-state index >= 15 is 0 Å². The Bertz CT molecular complexity index is 952. The lowest BCUT2D eigenvalue weighted by molar-refractivity contribution is -0.154. The largest absolute Gasteiger partial charge is 0.467 e. The number of anilines is 1. The van der Waals surface area contributed by atoms with Gasteiger partial charge in [-0.3, -0.25) is 4.40 Å². The summed E-state index contributed by atoms with van der Waals surface area (Å²) in [5.41, 5.74) is 1.79. The summed E-state index contributed by atoms with van der Waals surface area (Å²) >= 11 is 0. The molecule has 4 rings (SSSR count). The first-order valence-electron chi connectivity index (χ1n) is 8.95. The van der Waals surface area contributed by atoms with Crippen molar-refractivity contribution in [3.63, 3.8) is 0 Å². The SMILES string of the molecule is FC(F)(F)COc1cn2c(-c3cccc(NC4CCNCC4)n3)cnc2cn1. The van der Waals surface area contributed by atoms with E-state index in [1.54, 1.807) is 10.6 Å². The first kappa shape index (κ1) is 18.5. The van der Waals surface area contributed by atoms with Gasteiger partial charge in [-0.2, -0.15) is 13.2 Å². The number of nitrogens with one attached hydrogen (secondary N) is 2. The van der Waals surface area contributed by atoms with Gasteiger partial charge in [0.15, 0.2) is 12.3 Å². The van der Waals surface area contributed by atoms with Crippen LogP contribution in [0.5, 0.6) is 5.88 Å². The number of aromatic nitrogens is 4. The number of fused-ring (bicyclic) bond motifs is 1. The maximum absolute atomic E-state index is 12.4. The third-order valence-corrected chi connectivity index (χ3v) is 4.46. The van der Waals surface area contributed by atoms with Crippen LogP contribution in [0, 0.1) is 0 Å². The predicted molar refractivity (Wildman–Crippen MR) is 97.3 cm³/mol. The van der Waals surface area contributed by atoms with Gasteiger partial charge in [0.1, 0.15) is 5.82 Å². The summed E-state index contributed by atoms with van der Waals surface area (Å²) in [7, 11) is 0. The van der Waals surface area contributed by atoms with E-state index in [4.69, 9.17) is 4.74 Å². The van der Waals surface area contributed by atoms with Crippen LogP contribution in [-0.4, -0.2) is 51.3 Å². The molecule has 28 heavy (non-hydrogen) atoms. The molecule has 0 unspecified atom stereocenters. The van der Waals surface area contributed by atoms with Crippen LogP contribution in [0.1, 0.15) is 12.8 Å². The molecule has 4 heterocycles. The Labute approximate surface area is 159 Å². The molecule has 2 N–H and O–H groups in total. The highest BCUT2D eigenvalue weighted by Crippen LogP contribution is 2.23. The van der Waals surface area contributed by atoms with E-state index in [1.165, 1.54) is 12.4 Å². The van der Waals surface area contributed by atoms with Gasteiger partial charge in [-0.15, -0.1) is 0 Å². The van der Waals surface area contributed by atoms with E-state index in [2.05, 4.69) is 25.6 Å². The minimum atomic E-state index is -4.43. The molecule has 1 aliphatic rings. The smallest absolute Gasteiger partial charge is 0.422 e. The molecule has 0 saturated carbocycles. The highest BCUT2D eigenvalue weighted by Gasteiger charge is 2.28. The topological polar surface area (TPSA) is 76.4 Å². The van der Waals surface area contributed by atoms with Crippen LogP contribution in [-0.2, 0) is 0 Å². The quantitative estimate of drug-likeness (QED) is 0.695. The molecule has 1 aliphatic heterocycles. The summed E-state index contributed by atoms with van der Waals surface area (Å²) in [5.74, 6) is 0.620. The van der Waals surface area contributed by atoms with Crippen molar-refractivity contribution < 1.29 is 17.9 Å². The van der Waals surface area contributed by atoms with Crippen LogP contribution in [0.15, 0.2) is 36.8 Å². The number of rotatable bonds is 5. The van der Waals surface area contributed by atoms with E-state index in [0.29, 0.717) is 23.1 Å². The van der Waals surface area contributed by atoms with Crippen LogP contribution >= 0.6 is 0 Å². The Hall–Kier alpha value is -2.88. The fraction of sp³-hybridized carbons (Fsp3) is 0.389. The van der Waals surface area contributed by atoms with E-state index in [1.807, 2.05) is 18.2 Å². The van der Waals surface area contributed by atoms with Gasteiger partial charge in [0.25, 0.3) is 0 Å². The first-order chi connectivity index (χ1) is 13.5. The normalized spacial score (nSPS) is 15.7. The Balaban J connectivity index is 1.58. The molecule has 0 atom stereocenters. The maximum atomic E-state index is 12.4. The zero-order valence-electron chi connectivity index (χ0n) is 14.9. The average molecular weight is 392 g/mol. The summed E-state index contributed by atoms with van der Waals surface area (Å²) in [6.07, 6.45) is 1.98. The molecule has 1 saturated heterocycles. The molecule has 7 nitrogen and oxygen atoms in total. The lowest BCUT2D eigenvalue weighted by atomic mass is 10.1. The van der Waals surface area contributed by atoms with Crippen LogP contribution < -0.4 is 15.4 Å². The zero-order chi connectivity index (χ0) is 19.6. The van der Waals surface area contributed by atoms with Gasteiger partial charge in [-0.25, -0.2) is 15.0 Å². The van der Waals surface area contributed by atoms with Crippen molar-refractivity contribution in [2.24, 2.45) is 0 Å². The van der Waals surface area contributed by atoms with Gasteiger partial charge in [0.2, 0.25) is 5.88 Å². The van der Waals surface area contributed by atoms with Crippen LogP contribution in [0.4, 0.5) is 19.0 Å². The van der Waals surface area contributed by atoms with Gasteiger partial charge >= 0.3 is 6.18 Å². The number of halogens is 3. The predicted octanol–water partition coefficient (Wildman–Crippen LogP) is 2.90. The fourth-order valence-corrected chi connectivity index (χ4v) is 3.12. The number of alkyl halides is 3. The van der Waals surface area contributed by atoms with Crippen LogP contribution in [0.25, 0.3) is 17.0 Å². The zero-order valence-corrected chi connectivity index (χ0v) is 14.9. The first-order valence-corrected chi connectivity index (χ1v) is 8.95. The van der Waals surface area contributed by atoms with Crippen molar-refractivity contribution in [2.75, 3.05) is 25.0 Å². The Kier molecular flexibility index (Phi) is 5.03. The monoisotopic (exact) mass is 392 g/mol. The van der Waals surface area contributed by atoms with Crippen molar-refractivity contribution in [3.8, 4) is 17.3 Å². The lowest BCUT2D eigenvalue weighted by Crippen LogP contribution is -2.35. The highest BCUT2D eigenvalue weighted by atomic mass is 19.4. The van der Waals surface area contributed by atoms with Gasteiger partial charge in [-0.1, -0.05) is 6.07 Å². The van der Waals surface area contributed by atoms with Crippen molar-refractivity contribution in [2.45, 2.75) is 25.1 Å². The van der Waals surface area contributed by atoms with E-state index in [0.717, 1.165) is 31.7 Å². The lowest BCUT2D eigenvalue weighted by Gasteiger charge is -2.24. The number of imidazole rings is 1. The van der Waals surface area contributed by atoms with Crippen LogP contribution in [0.3, 0.4) is 0 Å². The standard InChI is InChI=1S/C18H19F3N6O/c19-18(20,21)11-28-17-10-27-14(8-23-16(27)9-24-17)13-2-1-3-15(26-13)25-12-4-6-22-7-5-12/h1-3,8-10,12,22H,4-7,11H2,(H,25,26). The molecule has 0 aliphatic carbocycles. The molecular formula is C18H19F3N6O. The summed E-state index contributed by atoms with van der Waals surface area (Å²) in [5, 5.41) is 6.76. The number of nitrogens with zero attached hydrogens (tertiary/aromatic N) is 4. The minimum absolute atomic E-state index is 0.131. The number of pyridine rings is 1. The maximum Gasteiger partial charge on any atom is 0.422 e. The summed E-state index contributed by atoms with van der Waals surface area (Å²) in [4.78, 5) is 12.8. The molecule has 0 radical (unpaired) electrons. The Morgan fingerprint density at radius 1 is 1.18 bits per heavy atom. The Morgan fingerprint density at radius 2 is 2.00 bits per heavy atom. The molecule has 3 aromatic rings. The number of ether oxygens (including phenoxy) is 1. The number of hydrogen-bond donors (Lipinski definition) is 2. The van der Waals surface area contributed by atoms with E-state index in [9.17, 15) is 13.2 Å². The summed E-state index contributed by atoms with van der Waals surface area (Å²) in [6, 6.07) is 5.97. The van der Waals surface area contributed by atoms with Crippen molar-refractivity contribution >= 4 is 11.5 Å². The summed E-state index contributed by atoms with van der Waals surface area (Å²) < 4.78 is 43.5. The van der Waals surface area contributed by atoms with Gasteiger partial charge in [0.05, 0.1) is 30.0 Å². The van der Waals surface area contributed by atoms with Crippen molar-refractivity contribution in [1.29, 1.82) is 0 Å². The molecular weight excluding hydrogens is 373 g/mol. The van der Waals surface area contributed by atoms with Crippen LogP contribution in [0.2, 0.25) is 0 Å². The van der Waals surface area contributed by atoms with E-state index in [-0.39, 0.29) is 5.88 Å². The van der Waals surface area contributed by atoms with Gasteiger partial charge < -0.3 is 15.4 Å². The molecule has 1 fully saturated rings. The molecule has 0 amide bonds. The molecule has 3 aromatic heterocycles. The molecule has 148 valence electrons. The second-order valence-corrected chi connectivity index (χ2v) is 6.58. The number of hydrogen-bond acceptors (Lipinski definition) is 6. The summed E-state index contributed by atoms with van der Waals surface area (Å²) in [6.45, 7) is 0.542. The minimum Gasteiger partial charge on any atom is -0.467 e.